The van der Waals surface area contributed by atoms with Gasteiger partial charge in [-0.05, 0) is 36.6 Å². The summed E-state index contributed by atoms with van der Waals surface area (Å²) >= 11 is 3.51. The fourth-order valence-electron chi connectivity index (χ4n) is 2.33. The number of benzene rings is 2. The third-order valence-electron chi connectivity index (χ3n) is 3.35. The topological polar surface area (TPSA) is 3.24 Å². The monoisotopic (exact) mass is 317 g/mol. The quantitative estimate of drug-likeness (QED) is 0.708. The van der Waals surface area contributed by atoms with E-state index in [1.165, 1.54) is 22.4 Å². The third kappa shape index (κ3) is 3.60. The van der Waals surface area contributed by atoms with Gasteiger partial charge in [-0.2, -0.15) is 0 Å². The van der Waals surface area contributed by atoms with E-state index in [1.54, 1.807) is 0 Å². The highest BCUT2D eigenvalue weighted by Gasteiger charge is 2.08. The number of hydrogen-bond donors (Lipinski definition) is 0. The zero-order valence-corrected chi connectivity index (χ0v) is 13.2. The van der Waals surface area contributed by atoms with Gasteiger partial charge in [-0.3, -0.25) is 0 Å². The molecule has 100 valence electrons. The van der Waals surface area contributed by atoms with Crippen molar-refractivity contribution in [1.29, 1.82) is 0 Å². The molecule has 0 aromatic heterocycles. The number of aryl methyl sites for hydroxylation is 1. The van der Waals surface area contributed by atoms with Crippen molar-refractivity contribution in [2.45, 2.75) is 25.7 Å². The van der Waals surface area contributed by atoms with Gasteiger partial charge in [-0.15, -0.1) is 0 Å². The Morgan fingerprint density at radius 1 is 1.00 bits per heavy atom. The van der Waals surface area contributed by atoms with Crippen molar-refractivity contribution in [2.24, 2.45) is 0 Å². The number of halogens is 1. The van der Waals surface area contributed by atoms with Crippen LogP contribution in [0.25, 0.3) is 0 Å². The molecule has 0 saturated carbocycles. The van der Waals surface area contributed by atoms with Gasteiger partial charge in [0.05, 0.1) is 0 Å². The van der Waals surface area contributed by atoms with Crippen LogP contribution in [-0.2, 0) is 11.9 Å². The molecule has 0 amide bonds. The highest BCUT2D eigenvalue weighted by atomic mass is 79.9. The predicted molar refractivity (Wildman–Crippen MR) is 87.0 cm³/mol. The molecule has 2 heteroatoms. The van der Waals surface area contributed by atoms with Gasteiger partial charge in [-0.1, -0.05) is 58.4 Å². The van der Waals surface area contributed by atoms with E-state index >= 15 is 0 Å². The van der Waals surface area contributed by atoms with Crippen LogP contribution in [0.4, 0.5) is 5.69 Å². The molecule has 19 heavy (non-hydrogen) atoms. The first-order chi connectivity index (χ1) is 9.24. The molecular formula is C17H20BrN. The molecule has 0 unspecified atom stereocenters. The minimum atomic E-state index is 0.916. The Morgan fingerprint density at radius 2 is 1.74 bits per heavy atom. The Bertz CT molecular complexity index is 522. The molecule has 0 heterocycles. The second-order valence-electron chi connectivity index (χ2n) is 4.75. The van der Waals surface area contributed by atoms with Crippen LogP contribution in [0, 0.1) is 6.92 Å². The summed E-state index contributed by atoms with van der Waals surface area (Å²) in [6, 6.07) is 17.3. The predicted octanol–water partition coefficient (Wildman–Crippen LogP) is 4.92. The maximum atomic E-state index is 3.51. The fourth-order valence-corrected chi connectivity index (χ4v) is 2.68. The SMILES string of the molecule is CCN(Cc1ccccc1)c1ccc(CBr)cc1C. The summed E-state index contributed by atoms with van der Waals surface area (Å²) in [6.45, 7) is 6.38. The Hall–Kier alpha value is -1.28. The molecule has 0 atom stereocenters. The highest BCUT2D eigenvalue weighted by Crippen LogP contribution is 2.23. The molecule has 0 N–H and O–H groups in total. The molecule has 0 aliphatic rings. The van der Waals surface area contributed by atoms with Gasteiger partial charge < -0.3 is 4.90 Å². The third-order valence-corrected chi connectivity index (χ3v) is 4.00. The van der Waals surface area contributed by atoms with Crippen molar-refractivity contribution >= 4 is 21.6 Å². The molecular weight excluding hydrogens is 298 g/mol. The van der Waals surface area contributed by atoms with Gasteiger partial charge in [0.15, 0.2) is 0 Å². The number of hydrogen-bond acceptors (Lipinski definition) is 1. The minimum absolute atomic E-state index is 0.916. The van der Waals surface area contributed by atoms with Crippen LogP contribution in [-0.4, -0.2) is 6.54 Å². The van der Waals surface area contributed by atoms with E-state index in [0.29, 0.717) is 0 Å². The first-order valence-electron chi connectivity index (χ1n) is 6.69. The average Bonchev–Trinajstić information content (AvgIpc) is 2.46. The lowest BCUT2D eigenvalue weighted by molar-refractivity contribution is 0.827. The molecule has 0 fully saturated rings. The normalized spacial score (nSPS) is 10.5. The van der Waals surface area contributed by atoms with Crippen LogP contribution in [0.3, 0.4) is 0 Å². The fraction of sp³-hybridized carbons (Fsp3) is 0.294. The second kappa shape index (κ2) is 6.76. The lowest BCUT2D eigenvalue weighted by Crippen LogP contribution is -2.22. The largest absolute Gasteiger partial charge is 0.367 e. The first kappa shape index (κ1) is 14.1. The van der Waals surface area contributed by atoms with Crippen molar-refractivity contribution in [3.63, 3.8) is 0 Å². The van der Waals surface area contributed by atoms with Gasteiger partial charge in [0, 0.05) is 24.1 Å². The molecule has 2 aromatic rings. The Balaban J connectivity index is 2.22. The summed E-state index contributed by atoms with van der Waals surface area (Å²) in [4.78, 5) is 2.42. The lowest BCUT2D eigenvalue weighted by Gasteiger charge is -2.25. The van der Waals surface area contributed by atoms with Crippen LogP contribution in [0.15, 0.2) is 48.5 Å². The van der Waals surface area contributed by atoms with Crippen molar-refractivity contribution in [3.8, 4) is 0 Å². The van der Waals surface area contributed by atoms with Crippen molar-refractivity contribution in [2.75, 3.05) is 11.4 Å². The van der Waals surface area contributed by atoms with Gasteiger partial charge in [0.25, 0.3) is 0 Å². The molecule has 0 spiro atoms. The summed E-state index contributed by atoms with van der Waals surface area (Å²) in [6.07, 6.45) is 0. The molecule has 0 radical (unpaired) electrons. The van der Waals surface area contributed by atoms with Crippen LogP contribution < -0.4 is 4.90 Å². The molecule has 1 nitrogen and oxygen atoms in total. The molecule has 0 aliphatic carbocycles. The van der Waals surface area contributed by atoms with E-state index in [0.717, 1.165) is 18.4 Å². The summed E-state index contributed by atoms with van der Waals surface area (Å²) in [5.74, 6) is 0. The van der Waals surface area contributed by atoms with E-state index in [1.807, 2.05) is 0 Å². The molecule has 0 aliphatic heterocycles. The highest BCUT2D eigenvalue weighted by molar-refractivity contribution is 9.08. The number of rotatable bonds is 5. The van der Waals surface area contributed by atoms with Crippen molar-refractivity contribution in [3.05, 3.63) is 65.2 Å². The second-order valence-corrected chi connectivity index (χ2v) is 5.31. The molecule has 2 rings (SSSR count). The van der Waals surface area contributed by atoms with Gasteiger partial charge in [0.1, 0.15) is 0 Å². The van der Waals surface area contributed by atoms with Crippen LogP contribution in [0.1, 0.15) is 23.6 Å². The smallest absolute Gasteiger partial charge is 0.0429 e. The first-order valence-corrected chi connectivity index (χ1v) is 7.81. The van der Waals surface area contributed by atoms with Crippen LogP contribution >= 0.6 is 15.9 Å². The number of alkyl halides is 1. The van der Waals surface area contributed by atoms with Crippen LogP contribution in [0.5, 0.6) is 0 Å². The van der Waals surface area contributed by atoms with E-state index in [4.69, 9.17) is 0 Å². The molecule has 0 bridgehead atoms. The standard InChI is InChI=1S/C17H20BrN/c1-3-19(13-15-7-5-4-6-8-15)17-10-9-16(12-18)11-14(17)2/h4-11H,3,12-13H2,1-2H3. The van der Waals surface area contributed by atoms with Gasteiger partial charge in [-0.25, -0.2) is 0 Å². The molecule has 0 saturated heterocycles. The Kier molecular flexibility index (Phi) is 5.03. The Morgan fingerprint density at radius 3 is 2.32 bits per heavy atom. The van der Waals surface area contributed by atoms with E-state index in [-0.39, 0.29) is 0 Å². The summed E-state index contributed by atoms with van der Waals surface area (Å²) in [5.41, 5.74) is 5.36. The summed E-state index contributed by atoms with van der Waals surface area (Å²) in [7, 11) is 0. The molecule has 2 aromatic carbocycles. The zero-order chi connectivity index (χ0) is 13.7. The minimum Gasteiger partial charge on any atom is -0.367 e. The average molecular weight is 318 g/mol. The number of anilines is 1. The summed E-state index contributed by atoms with van der Waals surface area (Å²) in [5, 5.41) is 0.916. The van der Waals surface area contributed by atoms with Gasteiger partial charge in [0.2, 0.25) is 0 Å². The van der Waals surface area contributed by atoms with E-state index < -0.39 is 0 Å². The maximum absolute atomic E-state index is 3.51. The van der Waals surface area contributed by atoms with E-state index in [9.17, 15) is 0 Å². The van der Waals surface area contributed by atoms with Crippen molar-refractivity contribution < 1.29 is 0 Å². The lowest BCUT2D eigenvalue weighted by atomic mass is 10.1. The van der Waals surface area contributed by atoms with Crippen LogP contribution in [0.2, 0.25) is 0 Å². The summed E-state index contributed by atoms with van der Waals surface area (Å²) < 4.78 is 0. The van der Waals surface area contributed by atoms with Gasteiger partial charge >= 0.3 is 0 Å². The van der Waals surface area contributed by atoms with E-state index in [2.05, 4.69) is 83.2 Å². The zero-order valence-electron chi connectivity index (χ0n) is 11.6. The number of nitrogens with zero attached hydrogens (tertiary/aromatic N) is 1. The maximum Gasteiger partial charge on any atom is 0.0429 e. The van der Waals surface area contributed by atoms with Crippen molar-refractivity contribution in [1.82, 2.24) is 0 Å². The Labute approximate surface area is 124 Å².